The number of anilines is 2. The monoisotopic (exact) mass is 447 g/mol. The van der Waals surface area contributed by atoms with Gasteiger partial charge in [0.15, 0.2) is 11.5 Å². The Bertz CT molecular complexity index is 1080. The highest BCUT2D eigenvalue weighted by molar-refractivity contribution is 7.94. The van der Waals surface area contributed by atoms with E-state index in [1.807, 2.05) is 0 Å². The molecule has 1 N–H and O–H groups in total. The molecule has 2 aromatic rings. The Balaban J connectivity index is 1.64. The second kappa shape index (κ2) is 9.17. The molecule has 3 rings (SSSR count). The summed E-state index contributed by atoms with van der Waals surface area (Å²) in [7, 11) is 2.41. The average Bonchev–Trinajstić information content (AvgIpc) is 2.97. The van der Waals surface area contributed by atoms with Gasteiger partial charge in [-0.1, -0.05) is 12.1 Å². The normalized spacial score (nSPS) is 14.5. The van der Waals surface area contributed by atoms with Crippen LogP contribution in [0.2, 0.25) is 0 Å². The predicted octanol–water partition coefficient (Wildman–Crippen LogP) is 2.04. The summed E-state index contributed by atoms with van der Waals surface area (Å²) in [4.78, 5) is 12.2. The molecule has 1 aliphatic heterocycles. The van der Waals surface area contributed by atoms with E-state index in [-0.39, 0.29) is 19.0 Å². The Kier molecular flexibility index (Phi) is 6.59. The van der Waals surface area contributed by atoms with E-state index in [4.69, 9.17) is 14.2 Å². The second-order valence-corrected chi connectivity index (χ2v) is 8.50. The zero-order valence-corrected chi connectivity index (χ0v) is 18.6. The lowest BCUT2D eigenvalue weighted by atomic mass is 10.1. The van der Waals surface area contributed by atoms with Crippen molar-refractivity contribution in [1.82, 2.24) is 5.32 Å². The zero-order valence-electron chi connectivity index (χ0n) is 17.8. The van der Waals surface area contributed by atoms with Crippen LogP contribution in [0.25, 0.3) is 6.08 Å². The highest BCUT2D eigenvalue weighted by Gasteiger charge is 2.37. The number of nitrogens with zero attached hydrogens (tertiary/aromatic N) is 2. The van der Waals surface area contributed by atoms with Crippen LogP contribution < -0.4 is 28.1 Å². The van der Waals surface area contributed by atoms with E-state index in [0.29, 0.717) is 34.2 Å². The van der Waals surface area contributed by atoms with Gasteiger partial charge >= 0.3 is 10.2 Å². The van der Waals surface area contributed by atoms with Crippen molar-refractivity contribution in [2.75, 3.05) is 50.1 Å². The summed E-state index contributed by atoms with van der Waals surface area (Å²) in [5.41, 5.74) is 1.88. The molecule has 0 atom stereocenters. The number of hydrogen-bond donors (Lipinski definition) is 1. The molecule has 0 aromatic heterocycles. The maximum Gasteiger partial charge on any atom is 0.326 e. The van der Waals surface area contributed by atoms with E-state index in [1.165, 1.54) is 43.1 Å². The van der Waals surface area contributed by atoms with Crippen LogP contribution in [0.3, 0.4) is 0 Å². The van der Waals surface area contributed by atoms with E-state index in [1.54, 1.807) is 42.5 Å². The molecule has 0 saturated carbocycles. The summed E-state index contributed by atoms with van der Waals surface area (Å²) in [5.74, 6) is 1.06. The molecule has 0 aliphatic carbocycles. The van der Waals surface area contributed by atoms with E-state index in [9.17, 15) is 13.2 Å². The number of hydrogen-bond acceptors (Lipinski definition) is 6. The number of amides is 1. The molecular weight excluding hydrogens is 422 g/mol. The minimum atomic E-state index is -3.64. The number of ether oxygens (including phenoxy) is 3. The molecule has 0 radical (unpaired) electrons. The Morgan fingerprint density at radius 3 is 2.23 bits per heavy atom. The van der Waals surface area contributed by atoms with Gasteiger partial charge in [0.1, 0.15) is 0 Å². The van der Waals surface area contributed by atoms with Gasteiger partial charge in [-0.3, -0.25) is 9.10 Å². The average molecular weight is 448 g/mol. The summed E-state index contributed by atoms with van der Waals surface area (Å²) >= 11 is 0. The van der Waals surface area contributed by atoms with E-state index in [2.05, 4.69) is 5.32 Å². The molecule has 0 spiro atoms. The van der Waals surface area contributed by atoms with Crippen LogP contribution >= 0.6 is 0 Å². The second-order valence-electron chi connectivity index (χ2n) is 6.62. The number of methoxy groups -OCH3 is 3. The standard InChI is InChI=1S/C21H25N3O6S/c1-23-16-7-5-6-8-17(16)24(31(23,26)27)12-11-22-20(25)10-9-15-13-18(28-2)21(30-4)19(14-15)29-3/h5-10,13-14H,11-12H2,1-4H3,(H,22,25)/b10-9+. The molecule has 1 heterocycles. The van der Waals surface area contributed by atoms with Crippen molar-refractivity contribution >= 4 is 33.6 Å². The van der Waals surface area contributed by atoms with Crippen LogP contribution in [-0.2, 0) is 15.0 Å². The van der Waals surface area contributed by atoms with Gasteiger partial charge in [-0.2, -0.15) is 8.42 Å². The van der Waals surface area contributed by atoms with E-state index >= 15 is 0 Å². The molecule has 0 saturated heterocycles. The molecule has 1 amide bonds. The van der Waals surface area contributed by atoms with Crippen molar-refractivity contribution in [2.45, 2.75) is 0 Å². The van der Waals surface area contributed by atoms with Crippen molar-refractivity contribution in [2.24, 2.45) is 0 Å². The van der Waals surface area contributed by atoms with E-state index in [0.717, 1.165) is 0 Å². The van der Waals surface area contributed by atoms with Gasteiger partial charge in [-0.25, -0.2) is 4.31 Å². The molecule has 166 valence electrons. The first kappa shape index (κ1) is 22.3. The van der Waals surface area contributed by atoms with Gasteiger partial charge in [-0.15, -0.1) is 0 Å². The Hall–Kier alpha value is -3.40. The SMILES string of the molecule is COc1cc(/C=C/C(=O)NCCN2c3ccccc3N(C)S2(=O)=O)cc(OC)c1OC. The number of benzene rings is 2. The maximum absolute atomic E-state index is 12.6. The van der Waals surface area contributed by atoms with Crippen LogP contribution in [0.15, 0.2) is 42.5 Å². The third-order valence-electron chi connectivity index (χ3n) is 4.84. The summed E-state index contributed by atoms with van der Waals surface area (Å²) in [6.45, 7) is 0.271. The first-order valence-electron chi connectivity index (χ1n) is 9.45. The zero-order chi connectivity index (χ0) is 22.6. The molecule has 31 heavy (non-hydrogen) atoms. The summed E-state index contributed by atoms with van der Waals surface area (Å²) in [6.07, 6.45) is 2.97. The number of rotatable bonds is 8. The fourth-order valence-electron chi connectivity index (χ4n) is 3.28. The summed E-state index contributed by atoms with van der Waals surface area (Å²) in [6, 6.07) is 10.5. The fraction of sp³-hybridized carbons (Fsp3) is 0.286. The van der Waals surface area contributed by atoms with Gasteiger partial charge < -0.3 is 19.5 Å². The first-order valence-corrected chi connectivity index (χ1v) is 10.8. The van der Waals surface area contributed by atoms with Gasteiger partial charge in [0, 0.05) is 19.7 Å². The van der Waals surface area contributed by atoms with Crippen LogP contribution in [-0.4, -0.2) is 55.8 Å². The lowest BCUT2D eigenvalue weighted by Crippen LogP contribution is -2.40. The lowest BCUT2D eigenvalue weighted by Gasteiger charge is -2.19. The number of carbonyl (C=O) groups is 1. The van der Waals surface area contributed by atoms with Crippen LogP contribution in [0.4, 0.5) is 11.4 Å². The smallest absolute Gasteiger partial charge is 0.326 e. The van der Waals surface area contributed by atoms with Gasteiger partial charge in [0.05, 0.1) is 39.2 Å². The number of para-hydroxylation sites is 2. The number of fused-ring (bicyclic) bond motifs is 1. The highest BCUT2D eigenvalue weighted by Crippen LogP contribution is 2.39. The minimum absolute atomic E-state index is 0.119. The van der Waals surface area contributed by atoms with Crippen molar-refractivity contribution in [3.63, 3.8) is 0 Å². The quantitative estimate of drug-likeness (QED) is 0.622. The van der Waals surface area contributed by atoms with Crippen molar-refractivity contribution in [3.05, 3.63) is 48.0 Å². The van der Waals surface area contributed by atoms with Crippen LogP contribution in [0.5, 0.6) is 17.2 Å². The Morgan fingerprint density at radius 2 is 1.65 bits per heavy atom. The van der Waals surface area contributed by atoms with Crippen molar-refractivity contribution in [3.8, 4) is 17.2 Å². The summed E-state index contributed by atoms with van der Waals surface area (Å²) < 4.78 is 43.6. The van der Waals surface area contributed by atoms with Gasteiger partial charge in [0.2, 0.25) is 11.7 Å². The number of nitrogens with one attached hydrogen (secondary N) is 1. The molecule has 9 nitrogen and oxygen atoms in total. The van der Waals surface area contributed by atoms with Gasteiger partial charge in [-0.05, 0) is 35.9 Å². The van der Waals surface area contributed by atoms with Crippen molar-refractivity contribution in [1.29, 1.82) is 0 Å². The molecule has 10 heteroatoms. The van der Waals surface area contributed by atoms with Crippen LogP contribution in [0.1, 0.15) is 5.56 Å². The minimum Gasteiger partial charge on any atom is -0.493 e. The molecule has 0 fully saturated rings. The lowest BCUT2D eigenvalue weighted by molar-refractivity contribution is -0.116. The fourth-order valence-corrected chi connectivity index (χ4v) is 4.71. The third kappa shape index (κ3) is 4.38. The molecule has 0 bridgehead atoms. The topological polar surface area (TPSA) is 97.4 Å². The summed E-state index contributed by atoms with van der Waals surface area (Å²) in [5, 5.41) is 2.71. The molecule has 1 aliphatic rings. The van der Waals surface area contributed by atoms with Crippen LogP contribution in [0, 0.1) is 0 Å². The van der Waals surface area contributed by atoms with Gasteiger partial charge in [0.25, 0.3) is 0 Å². The Labute approximate surface area is 182 Å². The Morgan fingerprint density at radius 1 is 1.03 bits per heavy atom. The maximum atomic E-state index is 12.6. The molecule has 2 aromatic carbocycles. The van der Waals surface area contributed by atoms with E-state index < -0.39 is 10.2 Å². The first-order chi connectivity index (χ1) is 14.8. The predicted molar refractivity (Wildman–Crippen MR) is 119 cm³/mol. The molecular formula is C21H25N3O6S. The largest absolute Gasteiger partial charge is 0.493 e. The molecule has 0 unspecified atom stereocenters. The third-order valence-corrected chi connectivity index (χ3v) is 6.67. The van der Waals surface area contributed by atoms with Crippen molar-refractivity contribution < 1.29 is 27.4 Å². The number of carbonyl (C=O) groups excluding carboxylic acids is 1. The highest BCUT2D eigenvalue weighted by atomic mass is 32.2.